The molecule has 2 aromatic rings. The number of hydrogen-bond donors (Lipinski definition) is 1. The molecule has 0 bridgehead atoms. The maximum atomic E-state index is 5.76. The van der Waals surface area contributed by atoms with Gasteiger partial charge in [0.1, 0.15) is 5.03 Å². The van der Waals surface area contributed by atoms with Gasteiger partial charge >= 0.3 is 0 Å². The fraction of sp³-hybridized carbons (Fsp3) is 0. The van der Waals surface area contributed by atoms with Gasteiger partial charge in [-0.3, -0.25) is 0 Å². The molecule has 1 aromatic heterocycles. The van der Waals surface area contributed by atoms with Crippen LogP contribution < -0.4 is 0 Å². The summed E-state index contributed by atoms with van der Waals surface area (Å²) in [6.45, 7) is 0. The monoisotopic (exact) mass is 210 g/mol. The van der Waals surface area contributed by atoms with Crippen molar-refractivity contribution in [1.82, 2.24) is 9.78 Å². The Morgan fingerprint density at radius 1 is 1.15 bits per heavy atom. The molecule has 0 spiro atoms. The zero-order valence-electron chi connectivity index (χ0n) is 6.68. The van der Waals surface area contributed by atoms with Gasteiger partial charge in [0, 0.05) is 11.2 Å². The largest absolute Gasteiger partial charge is 0.240 e. The van der Waals surface area contributed by atoms with Crippen molar-refractivity contribution in [3.63, 3.8) is 0 Å². The smallest absolute Gasteiger partial charge is 0.116 e. The van der Waals surface area contributed by atoms with Crippen molar-refractivity contribution in [3.8, 4) is 5.69 Å². The summed E-state index contributed by atoms with van der Waals surface area (Å²) in [4.78, 5) is 0. The lowest BCUT2D eigenvalue weighted by molar-refractivity contribution is 0.839. The first-order valence-corrected chi connectivity index (χ1v) is 4.59. The van der Waals surface area contributed by atoms with E-state index in [0.29, 0.717) is 5.03 Å². The topological polar surface area (TPSA) is 17.8 Å². The molecular weight excluding hydrogens is 204 g/mol. The number of benzene rings is 1. The van der Waals surface area contributed by atoms with Gasteiger partial charge in [-0.15, -0.1) is 12.6 Å². The van der Waals surface area contributed by atoms with Gasteiger partial charge in [-0.1, -0.05) is 11.6 Å². The summed E-state index contributed by atoms with van der Waals surface area (Å²) in [6.07, 6.45) is 1.85. The van der Waals surface area contributed by atoms with Crippen molar-refractivity contribution in [2.75, 3.05) is 0 Å². The molecule has 0 N–H and O–H groups in total. The Morgan fingerprint density at radius 2 is 1.85 bits per heavy atom. The highest BCUT2D eigenvalue weighted by molar-refractivity contribution is 7.80. The lowest BCUT2D eigenvalue weighted by atomic mass is 10.3. The van der Waals surface area contributed by atoms with E-state index in [4.69, 9.17) is 11.6 Å². The molecule has 2 rings (SSSR count). The van der Waals surface area contributed by atoms with E-state index >= 15 is 0 Å². The first kappa shape index (κ1) is 8.66. The third-order valence-electron chi connectivity index (χ3n) is 1.67. The SMILES string of the molecule is Sc1ccn(-c2ccc(Cl)cc2)n1. The normalized spacial score (nSPS) is 10.3. The molecule has 0 aliphatic rings. The van der Waals surface area contributed by atoms with E-state index in [9.17, 15) is 0 Å². The first-order chi connectivity index (χ1) is 6.25. The lowest BCUT2D eigenvalue weighted by Gasteiger charge is -1.99. The molecule has 4 heteroatoms. The highest BCUT2D eigenvalue weighted by Gasteiger charge is 1.97. The third kappa shape index (κ3) is 1.87. The Bertz CT molecular complexity index is 408. The molecule has 0 amide bonds. The second-order valence-corrected chi connectivity index (χ2v) is 3.49. The molecule has 0 aliphatic heterocycles. The van der Waals surface area contributed by atoms with Crippen molar-refractivity contribution in [1.29, 1.82) is 0 Å². The predicted molar refractivity (Wildman–Crippen MR) is 55.8 cm³/mol. The fourth-order valence-electron chi connectivity index (χ4n) is 1.05. The van der Waals surface area contributed by atoms with Crippen LogP contribution in [-0.2, 0) is 0 Å². The number of rotatable bonds is 1. The van der Waals surface area contributed by atoms with Gasteiger partial charge in [0.15, 0.2) is 0 Å². The van der Waals surface area contributed by atoms with Crippen LogP contribution in [0, 0.1) is 0 Å². The maximum absolute atomic E-state index is 5.76. The van der Waals surface area contributed by atoms with Crippen LogP contribution in [0.25, 0.3) is 5.69 Å². The summed E-state index contributed by atoms with van der Waals surface area (Å²) >= 11 is 9.88. The Labute approximate surface area is 86.6 Å². The van der Waals surface area contributed by atoms with Gasteiger partial charge in [-0.2, -0.15) is 5.10 Å². The Balaban J connectivity index is 2.41. The van der Waals surface area contributed by atoms with Crippen LogP contribution in [0.4, 0.5) is 0 Å². The summed E-state index contributed by atoms with van der Waals surface area (Å²) in [5, 5.41) is 5.58. The van der Waals surface area contributed by atoms with E-state index in [1.165, 1.54) is 0 Å². The summed E-state index contributed by atoms with van der Waals surface area (Å²) in [6, 6.07) is 9.30. The highest BCUT2D eigenvalue weighted by Crippen LogP contribution is 2.13. The van der Waals surface area contributed by atoms with E-state index in [1.54, 1.807) is 4.68 Å². The van der Waals surface area contributed by atoms with Gasteiger partial charge in [0.05, 0.1) is 5.69 Å². The third-order valence-corrected chi connectivity index (χ3v) is 2.16. The molecule has 0 atom stereocenters. The minimum atomic E-state index is 0.704. The highest BCUT2D eigenvalue weighted by atomic mass is 35.5. The van der Waals surface area contributed by atoms with Crippen LogP contribution in [0.1, 0.15) is 0 Å². The van der Waals surface area contributed by atoms with Gasteiger partial charge in [-0.05, 0) is 30.3 Å². The van der Waals surface area contributed by atoms with Crippen LogP contribution in [-0.4, -0.2) is 9.78 Å². The number of aromatic nitrogens is 2. The molecule has 0 aliphatic carbocycles. The minimum absolute atomic E-state index is 0.704. The van der Waals surface area contributed by atoms with E-state index in [1.807, 2.05) is 36.5 Å². The minimum Gasteiger partial charge on any atom is -0.240 e. The van der Waals surface area contributed by atoms with Crippen molar-refractivity contribution >= 4 is 24.2 Å². The second-order valence-electron chi connectivity index (χ2n) is 2.59. The number of halogens is 1. The molecule has 2 nitrogen and oxygen atoms in total. The molecule has 0 saturated heterocycles. The van der Waals surface area contributed by atoms with Crippen LogP contribution in [0.3, 0.4) is 0 Å². The van der Waals surface area contributed by atoms with Gasteiger partial charge < -0.3 is 0 Å². The van der Waals surface area contributed by atoms with Gasteiger partial charge in [0.25, 0.3) is 0 Å². The molecule has 13 heavy (non-hydrogen) atoms. The summed E-state index contributed by atoms with van der Waals surface area (Å²) in [5.41, 5.74) is 0.977. The van der Waals surface area contributed by atoms with Crippen molar-refractivity contribution < 1.29 is 0 Å². The molecule has 0 unspecified atom stereocenters. The standard InChI is InChI=1S/C9H7ClN2S/c10-7-1-3-8(4-2-7)12-6-5-9(13)11-12/h1-6H,(H,11,13). The zero-order valence-corrected chi connectivity index (χ0v) is 8.33. The Morgan fingerprint density at radius 3 is 2.38 bits per heavy atom. The predicted octanol–water partition coefficient (Wildman–Crippen LogP) is 2.81. The average molecular weight is 211 g/mol. The number of nitrogens with zero attached hydrogens (tertiary/aromatic N) is 2. The van der Waals surface area contributed by atoms with E-state index in [-0.39, 0.29) is 0 Å². The fourth-order valence-corrected chi connectivity index (χ4v) is 1.34. The molecule has 0 radical (unpaired) electrons. The quantitative estimate of drug-likeness (QED) is 0.717. The molecule has 66 valence electrons. The average Bonchev–Trinajstić information content (AvgIpc) is 2.53. The van der Waals surface area contributed by atoms with Gasteiger partial charge in [0.2, 0.25) is 0 Å². The summed E-state index contributed by atoms with van der Waals surface area (Å²) in [5.74, 6) is 0. The summed E-state index contributed by atoms with van der Waals surface area (Å²) < 4.78 is 1.75. The number of hydrogen-bond acceptors (Lipinski definition) is 2. The maximum Gasteiger partial charge on any atom is 0.116 e. The van der Waals surface area contributed by atoms with Crippen LogP contribution in [0.15, 0.2) is 41.6 Å². The first-order valence-electron chi connectivity index (χ1n) is 3.76. The van der Waals surface area contributed by atoms with E-state index in [2.05, 4.69) is 17.7 Å². The molecule has 0 saturated carbocycles. The second kappa shape index (κ2) is 3.44. The van der Waals surface area contributed by atoms with E-state index in [0.717, 1.165) is 10.7 Å². The Hall–Kier alpha value is -0.930. The van der Waals surface area contributed by atoms with Crippen LogP contribution in [0.5, 0.6) is 0 Å². The van der Waals surface area contributed by atoms with Crippen LogP contribution >= 0.6 is 24.2 Å². The van der Waals surface area contributed by atoms with Crippen molar-refractivity contribution in [3.05, 3.63) is 41.6 Å². The zero-order chi connectivity index (χ0) is 9.26. The molecular formula is C9H7ClN2S. The summed E-state index contributed by atoms with van der Waals surface area (Å²) in [7, 11) is 0. The molecule has 1 aromatic carbocycles. The van der Waals surface area contributed by atoms with Gasteiger partial charge in [-0.25, -0.2) is 4.68 Å². The lowest BCUT2D eigenvalue weighted by Crippen LogP contribution is -1.93. The number of thiol groups is 1. The Kier molecular flexibility index (Phi) is 2.29. The molecule has 1 heterocycles. The molecule has 0 fully saturated rings. The van der Waals surface area contributed by atoms with E-state index < -0.39 is 0 Å². The van der Waals surface area contributed by atoms with Crippen molar-refractivity contribution in [2.24, 2.45) is 0 Å². The van der Waals surface area contributed by atoms with Crippen LogP contribution in [0.2, 0.25) is 5.02 Å². The van der Waals surface area contributed by atoms with Crippen molar-refractivity contribution in [2.45, 2.75) is 5.03 Å².